The molecule has 2 heterocycles. The number of rotatable bonds is 5. The molecule has 2 aromatic rings. The fourth-order valence-electron chi connectivity index (χ4n) is 2.03. The lowest BCUT2D eigenvalue weighted by atomic mass is 10.2. The van der Waals surface area contributed by atoms with Crippen molar-refractivity contribution in [3.8, 4) is 5.75 Å². The van der Waals surface area contributed by atoms with Crippen LogP contribution in [0.25, 0.3) is 0 Å². The average molecular weight is 358 g/mol. The molecule has 1 aromatic heterocycles. The highest BCUT2D eigenvalue weighted by molar-refractivity contribution is 7.08. The molecule has 0 bridgehead atoms. The number of anilines is 2. The van der Waals surface area contributed by atoms with E-state index in [1.807, 2.05) is 16.8 Å². The van der Waals surface area contributed by atoms with Gasteiger partial charge in [-0.3, -0.25) is 9.69 Å². The molecule has 0 aliphatic carbocycles. The summed E-state index contributed by atoms with van der Waals surface area (Å²) in [5.74, 6) is 0.344. The molecule has 1 amide bonds. The molecule has 1 fully saturated rings. The van der Waals surface area contributed by atoms with E-state index in [1.54, 1.807) is 12.1 Å². The third-order valence-electron chi connectivity index (χ3n) is 3.17. The first-order valence-electron chi connectivity index (χ1n) is 6.63. The molecule has 0 radical (unpaired) electrons. The third kappa shape index (κ3) is 3.22. The van der Waals surface area contributed by atoms with E-state index in [1.165, 1.54) is 23.2 Å². The average Bonchev–Trinajstić information content (AvgIpc) is 3.16. The van der Waals surface area contributed by atoms with Crippen LogP contribution in [0.4, 0.5) is 11.4 Å². The van der Waals surface area contributed by atoms with Gasteiger partial charge in [0, 0.05) is 12.3 Å². The maximum atomic E-state index is 12.0. The molecule has 22 heavy (non-hydrogen) atoms. The lowest BCUT2D eigenvalue weighted by molar-refractivity contribution is -0.115. The van der Waals surface area contributed by atoms with Crippen LogP contribution in [-0.2, 0) is 9.53 Å². The summed E-state index contributed by atoms with van der Waals surface area (Å²) in [4.78, 5) is 13.5. The van der Waals surface area contributed by atoms with Gasteiger partial charge in [-0.25, -0.2) is 0 Å². The molecule has 116 valence electrons. The summed E-state index contributed by atoms with van der Waals surface area (Å²) in [5, 5.41) is 4.35. The van der Waals surface area contributed by atoms with Gasteiger partial charge in [-0.15, -0.1) is 0 Å². The number of amides is 1. The number of thiophene rings is 1. The number of hydrogen-bond donors (Lipinski definition) is 0. The third-order valence-corrected chi connectivity index (χ3v) is 4.70. The molecule has 1 aliphatic heterocycles. The summed E-state index contributed by atoms with van der Waals surface area (Å²) in [6.45, 7) is 2.63. The Kier molecular flexibility index (Phi) is 4.59. The highest BCUT2D eigenvalue weighted by atomic mass is 35.5. The number of carbonyl (C=O) groups is 1. The Morgan fingerprint density at radius 2 is 2.18 bits per heavy atom. The van der Waals surface area contributed by atoms with Gasteiger partial charge in [0.2, 0.25) is 5.91 Å². The minimum atomic E-state index is -0.142. The molecule has 1 aromatic carbocycles. The Morgan fingerprint density at radius 3 is 2.77 bits per heavy atom. The normalized spacial score (nSPS) is 16.4. The van der Waals surface area contributed by atoms with Crippen LogP contribution in [-0.4, -0.2) is 25.2 Å². The highest BCUT2D eigenvalue weighted by Gasteiger charge is 2.25. The topological polar surface area (TPSA) is 42.1 Å². The van der Waals surface area contributed by atoms with Gasteiger partial charge in [-0.1, -0.05) is 23.2 Å². The molecule has 1 unspecified atom stereocenters. The first-order chi connectivity index (χ1) is 10.6. The van der Waals surface area contributed by atoms with Crippen molar-refractivity contribution in [1.82, 2.24) is 0 Å². The standard InChI is InChI=1S/C15H13Cl2NO3S/c1-9(19)18(10-4-5-22-8-10)12-2-3-13(15(17)14(12)16)21-7-11-6-20-11/h2-5,8,11H,6-7H2,1H3. The molecule has 0 saturated carbocycles. The van der Waals surface area contributed by atoms with Gasteiger partial charge >= 0.3 is 0 Å². The van der Waals surface area contributed by atoms with E-state index in [9.17, 15) is 4.79 Å². The van der Waals surface area contributed by atoms with Crippen molar-refractivity contribution in [1.29, 1.82) is 0 Å². The monoisotopic (exact) mass is 357 g/mol. The van der Waals surface area contributed by atoms with Gasteiger partial charge in [0.25, 0.3) is 0 Å². The lowest BCUT2D eigenvalue weighted by Gasteiger charge is -2.22. The second-order valence-electron chi connectivity index (χ2n) is 4.81. The van der Waals surface area contributed by atoms with Crippen LogP contribution in [0.1, 0.15) is 6.92 Å². The molecule has 7 heteroatoms. The van der Waals surface area contributed by atoms with Crippen LogP contribution in [0, 0.1) is 0 Å². The predicted molar refractivity (Wildman–Crippen MR) is 88.8 cm³/mol. The van der Waals surface area contributed by atoms with Crippen LogP contribution >= 0.6 is 34.5 Å². The van der Waals surface area contributed by atoms with Gasteiger partial charge in [-0.05, 0) is 23.6 Å². The lowest BCUT2D eigenvalue weighted by Crippen LogP contribution is -2.22. The zero-order valence-corrected chi connectivity index (χ0v) is 14.0. The van der Waals surface area contributed by atoms with Gasteiger partial charge in [0.15, 0.2) is 0 Å². The molecule has 1 aliphatic rings. The maximum Gasteiger partial charge on any atom is 0.228 e. The maximum absolute atomic E-state index is 12.0. The Hall–Kier alpha value is -1.27. The van der Waals surface area contributed by atoms with Gasteiger partial charge in [0.05, 0.1) is 23.0 Å². The SMILES string of the molecule is CC(=O)N(c1ccsc1)c1ccc(OCC2CO2)c(Cl)c1Cl. The molecule has 3 rings (SSSR count). The van der Waals surface area contributed by atoms with Crippen molar-refractivity contribution in [2.24, 2.45) is 0 Å². The summed E-state index contributed by atoms with van der Waals surface area (Å²) in [5.41, 5.74) is 1.29. The van der Waals surface area contributed by atoms with Gasteiger partial charge in [-0.2, -0.15) is 11.3 Å². The van der Waals surface area contributed by atoms with Crippen molar-refractivity contribution < 1.29 is 14.3 Å². The zero-order valence-electron chi connectivity index (χ0n) is 11.7. The van der Waals surface area contributed by atoms with E-state index < -0.39 is 0 Å². The zero-order chi connectivity index (χ0) is 15.7. The van der Waals surface area contributed by atoms with Crippen LogP contribution in [0.15, 0.2) is 29.0 Å². The second-order valence-corrected chi connectivity index (χ2v) is 6.35. The van der Waals surface area contributed by atoms with Gasteiger partial charge in [0.1, 0.15) is 23.5 Å². The first-order valence-corrected chi connectivity index (χ1v) is 8.33. The van der Waals surface area contributed by atoms with Crippen LogP contribution in [0.2, 0.25) is 10.0 Å². The summed E-state index contributed by atoms with van der Waals surface area (Å²) < 4.78 is 10.7. The molecule has 0 spiro atoms. The summed E-state index contributed by atoms with van der Waals surface area (Å²) in [7, 11) is 0. The van der Waals surface area contributed by atoms with Crippen molar-refractivity contribution in [2.75, 3.05) is 18.1 Å². The van der Waals surface area contributed by atoms with Crippen molar-refractivity contribution in [2.45, 2.75) is 13.0 Å². The Morgan fingerprint density at radius 1 is 1.41 bits per heavy atom. The molecular formula is C15H13Cl2NO3S. The minimum absolute atomic E-state index is 0.133. The molecule has 4 nitrogen and oxygen atoms in total. The van der Waals surface area contributed by atoms with Crippen LogP contribution in [0.5, 0.6) is 5.75 Å². The molecule has 1 atom stereocenters. The fraction of sp³-hybridized carbons (Fsp3) is 0.267. The highest BCUT2D eigenvalue weighted by Crippen LogP contribution is 2.42. The largest absolute Gasteiger partial charge is 0.489 e. The molecular weight excluding hydrogens is 345 g/mol. The Labute approximate surface area is 142 Å². The Bertz CT molecular complexity index is 686. The van der Waals surface area contributed by atoms with E-state index >= 15 is 0 Å². The smallest absolute Gasteiger partial charge is 0.228 e. The van der Waals surface area contributed by atoms with E-state index in [-0.39, 0.29) is 17.0 Å². The second kappa shape index (κ2) is 6.46. The summed E-state index contributed by atoms with van der Waals surface area (Å²) in [6, 6.07) is 5.30. The van der Waals surface area contributed by atoms with E-state index in [0.29, 0.717) is 29.7 Å². The minimum Gasteiger partial charge on any atom is -0.489 e. The van der Waals surface area contributed by atoms with Crippen LogP contribution < -0.4 is 9.64 Å². The Balaban J connectivity index is 1.92. The van der Waals surface area contributed by atoms with E-state index in [0.717, 1.165) is 5.69 Å². The molecule has 1 saturated heterocycles. The van der Waals surface area contributed by atoms with Crippen molar-refractivity contribution >= 4 is 51.8 Å². The van der Waals surface area contributed by atoms with Crippen LogP contribution in [0.3, 0.4) is 0 Å². The number of benzene rings is 1. The predicted octanol–water partition coefficient (Wildman–Crippen LogP) is 4.52. The first kappa shape index (κ1) is 15.6. The number of carbonyl (C=O) groups excluding carboxylic acids is 1. The number of ether oxygens (including phenoxy) is 2. The van der Waals surface area contributed by atoms with Crippen molar-refractivity contribution in [3.63, 3.8) is 0 Å². The van der Waals surface area contributed by atoms with Gasteiger partial charge < -0.3 is 9.47 Å². The quantitative estimate of drug-likeness (QED) is 0.738. The number of epoxide rings is 1. The summed E-state index contributed by atoms with van der Waals surface area (Å²) in [6.07, 6.45) is 0.133. The fourth-order valence-corrected chi connectivity index (χ4v) is 3.10. The molecule has 0 N–H and O–H groups in total. The number of nitrogens with zero attached hydrogens (tertiary/aromatic N) is 1. The van der Waals surface area contributed by atoms with Crippen molar-refractivity contribution in [3.05, 3.63) is 39.0 Å². The number of hydrogen-bond acceptors (Lipinski definition) is 4. The number of halogens is 2. The summed E-state index contributed by atoms with van der Waals surface area (Å²) >= 11 is 14.1. The van der Waals surface area contributed by atoms with E-state index in [4.69, 9.17) is 32.7 Å². The van der Waals surface area contributed by atoms with E-state index in [2.05, 4.69) is 0 Å².